The van der Waals surface area contributed by atoms with Crippen LogP contribution in [-0.4, -0.2) is 37.3 Å². The van der Waals surface area contributed by atoms with Crippen LogP contribution in [0.2, 0.25) is 0 Å². The third kappa shape index (κ3) is 3.01. The molecule has 4 nitrogen and oxygen atoms in total. The average Bonchev–Trinajstić information content (AvgIpc) is 3.00. The lowest BCUT2D eigenvalue weighted by atomic mass is 9.68. The minimum atomic E-state index is -0.410. The minimum absolute atomic E-state index is 0.235. The van der Waals surface area contributed by atoms with Gasteiger partial charge in [-0.2, -0.15) is 0 Å². The molecule has 3 rings (SSSR count). The van der Waals surface area contributed by atoms with E-state index in [1.54, 1.807) is 0 Å². The standard InChI is InChI=1S/C15H25BO4.C2H6/c1-11-10-12(6-7-15(11)17-8-9-18-15)16-19-13(2,3)14(4,5)20-16;1-2/h6,11H,7-10H2,1-5H3;1-2H3. The Morgan fingerprint density at radius 3 is 1.95 bits per heavy atom. The maximum Gasteiger partial charge on any atom is 0.490 e. The summed E-state index contributed by atoms with van der Waals surface area (Å²) in [6.07, 6.45) is 3.87. The highest BCUT2D eigenvalue weighted by molar-refractivity contribution is 6.54. The van der Waals surface area contributed by atoms with Crippen LogP contribution in [0.15, 0.2) is 11.5 Å². The van der Waals surface area contributed by atoms with Gasteiger partial charge in [-0.05, 0) is 39.6 Å². The number of hydrogen-bond donors (Lipinski definition) is 0. The second-order valence-corrected chi connectivity index (χ2v) is 7.19. The predicted octanol–water partition coefficient (Wildman–Crippen LogP) is 3.74. The Labute approximate surface area is 135 Å². The van der Waals surface area contributed by atoms with Crippen molar-refractivity contribution in [2.45, 2.75) is 78.3 Å². The molecule has 0 aromatic heterocycles. The van der Waals surface area contributed by atoms with Gasteiger partial charge < -0.3 is 18.8 Å². The van der Waals surface area contributed by atoms with Crippen LogP contribution >= 0.6 is 0 Å². The molecule has 0 radical (unpaired) electrons. The van der Waals surface area contributed by atoms with Gasteiger partial charge in [0.05, 0.1) is 24.4 Å². The van der Waals surface area contributed by atoms with Crippen molar-refractivity contribution in [1.29, 1.82) is 0 Å². The van der Waals surface area contributed by atoms with Gasteiger partial charge in [-0.1, -0.05) is 26.8 Å². The van der Waals surface area contributed by atoms with E-state index in [-0.39, 0.29) is 18.3 Å². The molecule has 1 unspecified atom stereocenters. The normalized spacial score (nSPS) is 31.7. The first-order chi connectivity index (χ1) is 10.3. The van der Waals surface area contributed by atoms with Gasteiger partial charge in [0.15, 0.2) is 5.79 Å². The first-order valence-corrected chi connectivity index (χ1v) is 8.58. The van der Waals surface area contributed by atoms with Crippen molar-refractivity contribution in [1.82, 2.24) is 0 Å². The Hall–Kier alpha value is -0.355. The molecule has 1 atom stereocenters. The van der Waals surface area contributed by atoms with E-state index < -0.39 is 5.79 Å². The summed E-state index contributed by atoms with van der Waals surface area (Å²) < 4.78 is 23.9. The van der Waals surface area contributed by atoms with Crippen molar-refractivity contribution < 1.29 is 18.8 Å². The molecule has 2 aliphatic heterocycles. The lowest BCUT2D eigenvalue weighted by Crippen LogP contribution is -2.41. The van der Waals surface area contributed by atoms with E-state index in [4.69, 9.17) is 18.8 Å². The number of rotatable bonds is 1. The maximum atomic E-state index is 6.13. The summed E-state index contributed by atoms with van der Waals surface area (Å²) in [7, 11) is -0.235. The second kappa shape index (κ2) is 6.27. The number of ether oxygens (including phenoxy) is 2. The summed E-state index contributed by atoms with van der Waals surface area (Å²) in [6, 6.07) is 0. The van der Waals surface area contributed by atoms with E-state index in [0.717, 1.165) is 12.8 Å². The SMILES string of the molecule is CC.CC1CC(B2OC(C)(C)C(C)(C)O2)=CCC12OCCO2. The van der Waals surface area contributed by atoms with Gasteiger partial charge in [0, 0.05) is 12.3 Å². The molecule has 0 aromatic carbocycles. The molecule has 5 heteroatoms. The molecule has 2 saturated heterocycles. The van der Waals surface area contributed by atoms with Crippen LogP contribution in [0.1, 0.15) is 61.3 Å². The van der Waals surface area contributed by atoms with Gasteiger partial charge in [-0.25, -0.2) is 0 Å². The molecule has 0 N–H and O–H groups in total. The molecule has 2 heterocycles. The van der Waals surface area contributed by atoms with E-state index in [2.05, 4.69) is 40.7 Å². The first kappa shape index (κ1) is 18.0. The molecule has 0 amide bonds. The first-order valence-electron chi connectivity index (χ1n) is 8.58. The molecule has 0 bridgehead atoms. The van der Waals surface area contributed by atoms with Crippen LogP contribution in [0.5, 0.6) is 0 Å². The van der Waals surface area contributed by atoms with Crippen LogP contribution in [0, 0.1) is 5.92 Å². The van der Waals surface area contributed by atoms with Crippen LogP contribution in [0.25, 0.3) is 0 Å². The van der Waals surface area contributed by atoms with Gasteiger partial charge in [0.2, 0.25) is 0 Å². The number of hydrogen-bond acceptors (Lipinski definition) is 4. The zero-order valence-corrected chi connectivity index (χ0v) is 15.2. The van der Waals surface area contributed by atoms with Crippen molar-refractivity contribution >= 4 is 7.12 Å². The molecular formula is C17H31BO4. The quantitative estimate of drug-likeness (QED) is 0.691. The second-order valence-electron chi connectivity index (χ2n) is 7.19. The fourth-order valence-electron chi connectivity index (χ4n) is 3.13. The Balaban J connectivity index is 0.000000847. The molecule has 1 spiro atoms. The van der Waals surface area contributed by atoms with Gasteiger partial charge >= 0.3 is 7.12 Å². The van der Waals surface area contributed by atoms with Crippen LogP contribution in [0.3, 0.4) is 0 Å². The predicted molar refractivity (Wildman–Crippen MR) is 88.5 cm³/mol. The highest BCUT2D eigenvalue weighted by Gasteiger charge is 2.54. The molecule has 126 valence electrons. The highest BCUT2D eigenvalue weighted by Crippen LogP contribution is 2.44. The van der Waals surface area contributed by atoms with E-state index in [1.807, 2.05) is 13.8 Å². The number of allylic oxidation sites excluding steroid dienone is 1. The molecule has 3 aliphatic rings. The van der Waals surface area contributed by atoms with E-state index >= 15 is 0 Å². The summed E-state index contributed by atoms with van der Waals surface area (Å²) in [6.45, 7) is 15.9. The van der Waals surface area contributed by atoms with Gasteiger partial charge in [0.1, 0.15) is 0 Å². The van der Waals surface area contributed by atoms with Crippen molar-refractivity contribution in [2.24, 2.45) is 5.92 Å². The Bertz CT molecular complexity index is 408. The lowest BCUT2D eigenvalue weighted by molar-refractivity contribution is -0.191. The lowest BCUT2D eigenvalue weighted by Gasteiger charge is -2.37. The topological polar surface area (TPSA) is 36.9 Å². The molecule has 0 aromatic rings. The zero-order valence-electron chi connectivity index (χ0n) is 15.2. The Morgan fingerprint density at radius 2 is 1.50 bits per heavy atom. The summed E-state index contributed by atoms with van der Waals surface area (Å²) in [5, 5.41) is 0. The highest BCUT2D eigenvalue weighted by atomic mass is 16.7. The smallest absolute Gasteiger partial charge is 0.400 e. The van der Waals surface area contributed by atoms with Crippen LogP contribution < -0.4 is 0 Å². The van der Waals surface area contributed by atoms with Gasteiger partial charge in [0.25, 0.3) is 0 Å². The Morgan fingerprint density at radius 1 is 1.00 bits per heavy atom. The maximum absolute atomic E-state index is 6.13. The summed E-state index contributed by atoms with van der Waals surface area (Å²) >= 11 is 0. The largest absolute Gasteiger partial charge is 0.490 e. The van der Waals surface area contributed by atoms with Gasteiger partial charge in [-0.15, -0.1) is 0 Å². The monoisotopic (exact) mass is 310 g/mol. The van der Waals surface area contributed by atoms with Crippen LogP contribution in [0.4, 0.5) is 0 Å². The van der Waals surface area contributed by atoms with Crippen molar-refractivity contribution in [3.8, 4) is 0 Å². The Kier molecular flexibility index (Phi) is 5.13. The third-order valence-electron chi connectivity index (χ3n) is 5.27. The summed E-state index contributed by atoms with van der Waals surface area (Å²) in [5.41, 5.74) is 0.662. The summed E-state index contributed by atoms with van der Waals surface area (Å²) in [5.74, 6) is -0.0864. The summed E-state index contributed by atoms with van der Waals surface area (Å²) in [4.78, 5) is 0. The van der Waals surface area contributed by atoms with E-state index in [0.29, 0.717) is 19.1 Å². The minimum Gasteiger partial charge on any atom is -0.400 e. The molecule has 0 saturated carbocycles. The molecule has 2 fully saturated rings. The van der Waals surface area contributed by atoms with Crippen molar-refractivity contribution in [2.75, 3.05) is 13.2 Å². The van der Waals surface area contributed by atoms with Crippen LogP contribution in [-0.2, 0) is 18.8 Å². The van der Waals surface area contributed by atoms with Gasteiger partial charge in [-0.3, -0.25) is 0 Å². The fraction of sp³-hybridized carbons (Fsp3) is 0.882. The van der Waals surface area contributed by atoms with E-state index in [1.165, 1.54) is 5.47 Å². The third-order valence-corrected chi connectivity index (χ3v) is 5.27. The molecule has 1 aliphatic carbocycles. The molecule has 22 heavy (non-hydrogen) atoms. The van der Waals surface area contributed by atoms with Crippen molar-refractivity contribution in [3.63, 3.8) is 0 Å². The average molecular weight is 310 g/mol. The fourth-order valence-corrected chi connectivity index (χ4v) is 3.13. The zero-order chi connectivity index (χ0) is 16.6. The van der Waals surface area contributed by atoms with Crippen molar-refractivity contribution in [3.05, 3.63) is 11.5 Å². The van der Waals surface area contributed by atoms with E-state index in [9.17, 15) is 0 Å². The molecular weight excluding hydrogens is 279 g/mol.